The Labute approximate surface area is 68.4 Å². The Balaban J connectivity index is 3.07. The molecule has 0 unspecified atom stereocenters. The maximum Gasteiger partial charge on any atom is 0.138 e. The van der Waals surface area contributed by atoms with E-state index < -0.39 is 0 Å². The van der Waals surface area contributed by atoms with Crippen molar-refractivity contribution in [1.29, 1.82) is 0 Å². The molecule has 0 fully saturated rings. The second kappa shape index (κ2) is 3.26. The fourth-order valence-electron chi connectivity index (χ4n) is 0.641. The van der Waals surface area contributed by atoms with Crippen molar-refractivity contribution in [1.82, 2.24) is 0 Å². The molecule has 10 heavy (non-hydrogen) atoms. The van der Waals surface area contributed by atoms with Crippen molar-refractivity contribution in [2.75, 3.05) is 6.26 Å². The van der Waals surface area contributed by atoms with Crippen LogP contribution in [0.3, 0.4) is 0 Å². The number of thioether (sulfide) groups is 1. The van der Waals surface area contributed by atoms with Gasteiger partial charge in [-0.3, -0.25) is 0 Å². The van der Waals surface area contributed by atoms with Crippen LogP contribution >= 0.6 is 23.4 Å². The predicted octanol–water partition coefficient (Wildman–Crippen LogP) is 3.20. The second-order valence-electron chi connectivity index (χ2n) is 1.78. The standard InChI is InChI=1S/C7H6ClFS/c1-10-7-3-2-5(8)4-6(7)9/h2-4H,1H3. The lowest BCUT2D eigenvalue weighted by Crippen LogP contribution is -1.77. The average Bonchev–Trinajstić information content (AvgIpc) is 1.88. The Morgan fingerprint density at radius 3 is 2.70 bits per heavy atom. The highest BCUT2D eigenvalue weighted by atomic mass is 35.5. The second-order valence-corrected chi connectivity index (χ2v) is 3.06. The Hall–Kier alpha value is -0.210. The summed E-state index contributed by atoms with van der Waals surface area (Å²) in [7, 11) is 0. The van der Waals surface area contributed by atoms with E-state index in [1.54, 1.807) is 12.1 Å². The van der Waals surface area contributed by atoms with Crippen molar-refractivity contribution >= 4 is 23.4 Å². The highest BCUT2D eigenvalue weighted by molar-refractivity contribution is 7.98. The zero-order valence-electron chi connectivity index (χ0n) is 5.40. The van der Waals surface area contributed by atoms with Gasteiger partial charge in [-0.05, 0) is 24.5 Å². The normalized spacial score (nSPS) is 9.90. The van der Waals surface area contributed by atoms with Crippen molar-refractivity contribution in [3.63, 3.8) is 0 Å². The van der Waals surface area contributed by atoms with Gasteiger partial charge in [0.1, 0.15) is 5.82 Å². The summed E-state index contributed by atoms with van der Waals surface area (Å²) in [5, 5.41) is 0.440. The number of hydrogen-bond acceptors (Lipinski definition) is 1. The van der Waals surface area contributed by atoms with Gasteiger partial charge in [0.15, 0.2) is 0 Å². The Morgan fingerprint density at radius 1 is 1.50 bits per heavy atom. The van der Waals surface area contributed by atoms with Crippen LogP contribution < -0.4 is 0 Å². The molecule has 0 saturated carbocycles. The van der Waals surface area contributed by atoms with Gasteiger partial charge in [-0.1, -0.05) is 11.6 Å². The van der Waals surface area contributed by atoms with Gasteiger partial charge in [-0.15, -0.1) is 11.8 Å². The Kier molecular flexibility index (Phi) is 2.57. The first-order valence-electron chi connectivity index (χ1n) is 2.73. The molecular formula is C7H6ClFS. The number of rotatable bonds is 1. The van der Waals surface area contributed by atoms with Crippen LogP contribution in [0.1, 0.15) is 0 Å². The van der Waals surface area contributed by atoms with Crippen LogP contribution in [0.25, 0.3) is 0 Å². The van der Waals surface area contributed by atoms with E-state index in [0.717, 1.165) is 0 Å². The smallest absolute Gasteiger partial charge is 0.138 e. The van der Waals surface area contributed by atoms with Gasteiger partial charge >= 0.3 is 0 Å². The average molecular weight is 177 g/mol. The molecule has 0 amide bonds. The van der Waals surface area contributed by atoms with Crippen LogP contribution in [-0.4, -0.2) is 6.26 Å². The lowest BCUT2D eigenvalue weighted by Gasteiger charge is -1.96. The van der Waals surface area contributed by atoms with E-state index >= 15 is 0 Å². The summed E-state index contributed by atoms with van der Waals surface area (Å²) in [5.74, 6) is -0.250. The molecule has 0 N–H and O–H groups in total. The molecular weight excluding hydrogens is 171 g/mol. The summed E-state index contributed by atoms with van der Waals surface area (Å²) in [6.07, 6.45) is 1.83. The molecule has 0 atom stereocenters. The van der Waals surface area contributed by atoms with Gasteiger partial charge in [-0.2, -0.15) is 0 Å². The van der Waals surface area contributed by atoms with Crippen LogP contribution in [-0.2, 0) is 0 Å². The third-order valence-corrected chi connectivity index (χ3v) is 2.12. The van der Waals surface area contributed by atoms with E-state index in [4.69, 9.17) is 11.6 Å². The molecule has 0 radical (unpaired) electrons. The van der Waals surface area contributed by atoms with E-state index in [9.17, 15) is 4.39 Å². The van der Waals surface area contributed by atoms with E-state index in [1.165, 1.54) is 17.8 Å². The molecule has 54 valence electrons. The quantitative estimate of drug-likeness (QED) is 0.593. The molecule has 1 rings (SSSR count). The molecule has 1 aromatic rings. The summed E-state index contributed by atoms with van der Waals surface area (Å²) in [6.45, 7) is 0. The molecule has 0 aliphatic carbocycles. The maximum atomic E-state index is 12.7. The van der Waals surface area contributed by atoms with Gasteiger partial charge in [0.2, 0.25) is 0 Å². The van der Waals surface area contributed by atoms with Crippen LogP contribution in [0, 0.1) is 5.82 Å². The van der Waals surface area contributed by atoms with Crippen LogP contribution in [0.2, 0.25) is 5.02 Å². The summed E-state index contributed by atoms with van der Waals surface area (Å²) in [6, 6.07) is 4.66. The van der Waals surface area contributed by atoms with Gasteiger partial charge < -0.3 is 0 Å². The van der Waals surface area contributed by atoms with Crippen molar-refractivity contribution in [3.05, 3.63) is 29.0 Å². The largest absolute Gasteiger partial charge is 0.206 e. The molecule has 0 aliphatic rings. The van der Waals surface area contributed by atoms with E-state index in [2.05, 4.69) is 0 Å². The molecule has 0 bridgehead atoms. The van der Waals surface area contributed by atoms with Crippen molar-refractivity contribution < 1.29 is 4.39 Å². The summed E-state index contributed by atoms with van der Waals surface area (Å²) >= 11 is 6.90. The first-order chi connectivity index (χ1) is 4.74. The van der Waals surface area contributed by atoms with Crippen molar-refractivity contribution in [2.45, 2.75) is 4.90 Å². The molecule has 0 spiro atoms. The minimum absolute atomic E-state index is 0.250. The molecule has 0 nitrogen and oxygen atoms in total. The molecule has 3 heteroatoms. The minimum Gasteiger partial charge on any atom is -0.206 e. The first kappa shape index (κ1) is 7.89. The molecule has 0 aliphatic heterocycles. The topological polar surface area (TPSA) is 0 Å². The fourth-order valence-corrected chi connectivity index (χ4v) is 1.26. The van der Waals surface area contributed by atoms with E-state index in [0.29, 0.717) is 9.92 Å². The minimum atomic E-state index is -0.250. The molecule has 0 saturated heterocycles. The summed E-state index contributed by atoms with van der Waals surface area (Å²) in [4.78, 5) is 0.629. The van der Waals surface area contributed by atoms with Gasteiger partial charge in [0, 0.05) is 9.92 Å². The molecule has 1 aromatic carbocycles. The van der Waals surface area contributed by atoms with Gasteiger partial charge in [0.05, 0.1) is 0 Å². The zero-order chi connectivity index (χ0) is 7.56. The maximum absolute atomic E-state index is 12.7. The SMILES string of the molecule is CSc1ccc(Cl)cc1F. The highest BCUT2D eigenvalue weighted by Crippen LogP contribution is 2.21. The molecule has 0 aromatic heterocycles. The van der Waals surface area contributed by atoms with Gasteiger partial charge in [-0.25, -0.2) is 4.39 Å². The van der Waals surface area contributed by atoms with Crippen molar-refractivity contribution in [3.8, 4) is 0 Å². The lowest BCUT2D eigenvalue weighted by atomic mass is 10.3. The first-order valence-corrected chi connectivity index (χ1v) is 4.33. The summed E-state index contributed by atoms with van der Waals surface area (Å²) in [5.41, 5.74) is 0. The van der Waals surface area contributed by atoms with E-state index in [-0.39, 0.29) is 5.82 Å². The number of halogens is 2. The zero-order valence-corrected chi connectivity index (χ0v) is 6.97. The molecule has 0 heterocycles. The highest BCUT2D eigenvalue weighted by Gasteiger charge is 1.99. The monoisotopic (exact) mass is 176 g/mol. The third-order valence-electron chi connectivity index (χ3n) is 1.11. The Morgan fingerprint density at radius 2 is 2.20 bits per heavy atom. The fraction of sp³-hybridized carbons (Fsp3) is 0.143. The third kappa shape index (κ3) is 1.64. The predicted molar refractivity (Wildman–Crippen MR) is 43.2 cm³/mol. The van der Waals surface area contributed by atoms with Crippen molar-refractivity contribution in [2.24, 2.45) is 0 Å². The van der Waals surface area contributed by atoms with Crippen LogP contribution in [0.15, 0.2) is 23.1 Å². The Bertz CT molecular complexity index is 237. The van der Waals surface area contributed by atoms with Crippen LogP contribution in [0.4, 0.5) is 4.39 Å². The number of benzene rings is 1. The van der Waals surface area contributed by atoms with E-state index in [1.807, 2.05) is 6.26 Å². The number of hydrogen-bond donors (Lipinski definition) is 0. The summed E-state index contributed by atoms with van der Waals surface area (Å²) < 4.78 is 12.7. The van der Waals surface area contributed by atoms with Crippen LogP contribution in [0.5, 0.6) is 0 Å². The van der Waals surface area contributed by atoms with Gasteiger partial charge in [0.25, 0.3) is 0 Å². The lowest BCUT2D eigenvalue weighted by molar-refractivity contribution is 0.602.